The number of anilines is 2. The molecule has 1 aromatic heterocycles. The third kappa shape index (κ3) is 3.98. The Kier molecular flexibility index (Phi) is 5.61. The minimum atomic E-state index is -3.26. The molecule has 2 aliphatic rings. The molecular formula is C24H26N3O3S2+. The molecule has 0 saturated carbocycles. The smallest absolute Gasteiger partial charge is 0.259 e. The van der Waals surface area contributed by atoms with E-state index in [1.54, 1.807) is 23.7 Å². The fourth-order valence-corrected chi connectivity index (χ4v) is 6.03. The molecule has 5 rings (SSSR count). The topological polar surface area (TPSA) is 62.7 Å². The minimum absolute atomic E-state index is 0.759. The summed E-state index contributed by atoms with van der Waals surface area (Å²) in [6.45, 7) is 7.64. The van der Waals surface area contributed by atoms with Gasteiger partial charge >= 0.3 is 0 Å². The number of hydrogen-bond donors (Lipinski definition) is 0. The number of morpholine rings is 1. The van der Waals surface area contributed by atoms with Gasteiger partial charge in [0.25, 0.3) is 9.40 Å². The highest BCUT2D eigenvalue weighted by Crippen LogP contribution is 2.36. The summed E-state index contributed by atoms with van der Waals surface area (Å²) in [6, 6.07) is 8.74. The zero-order valence-corrected chi connectivity index (χ0v) is 19.9. The van der Waals surface area contributed by atoms with Crippen molar-refractivity contribution in [3.05, 3.63) is 58.6 Å². The standard InChI is InChI=1S/C24H26N3O3S2/c1-3-17-13-19(26-5-9-30-10-6-26)15-21-23(17)25-24-18(4-2)14-20(16-22(24)31-21)27-7-11-32(28,29)12-8-27/h7-8,11-16H,3-6,9-10H2,1-2H3/q+1. The van der Waals surface area contributed by atoms with Crippen LogP contribution in [0.5, 0.6) is 0 Å². The fraction of sp³-hybridized carbons (Fsp3) is 0.333. The van der Waals surface area contributed by atoms with Crippen LogP contribution in [0.3, 0.4) is 0 Å². The van der Waals surface area contributed by atoms with Gasteiger partial charge in [-0.3, -0.25) is 0 Å². The van der Waals surface area contributed by atoms with E-state index in [-0.39, 0.29) is 0 Å². The maximum Gasteiger partial charge on any atom is 0.259 e. The molecule has 32 heavy (non-hydrogen) atoms. The first-order valence-electron chi connectivity index (χ1n) is 10.9. The van der Waals surface area contributed by atoms with E-state index in [2.05, 4.69) is 43.0 Å². The van der Waals surface area contributed by atoms with Crippen LogP contribution in [0.25, 0.3) is 20.4 Å². The number of sulfone groups is 1. The molecular weight excluding hydrogens is 442 g/mol. The Morgan fingerprint density at radius 1 is 0.906 bits per heavy atom. The lowest BCUT2D eigenvalue weighted by atomic mass is 10.1. The highest BCUT2D eigenvalue weighted by Gasteiger charge is 2.22. The molecule has 0 unspecified atom stereocenters. The zero-order chi connectivity index (χ0) is 22.3. The summed E-state index contributed by atoms with van der Waals surface area (Å²) in [5, 5.41) is 2.46. The van der Waals surface area contributed by atoms with Gasteiger partial charge in [-0.15, -0.1) is 0 Å². The van der Waals surface area contributed by atoms with Crippen LogP contribution in [0, 0.1) is 0 Å². The third-order valence-corrected chi connectivity index (χ3v) is 8.04. The molecule has 0 radical (unpaired) electrons. The second kappa shape index (κ2) is 8.42. The summed E-state index contributed by atoms with van der Waals surface area (Å²) < 4.78 is 31.2. The quantitative estimate of drug-likeness (QED) is 0.402. The van der Waals surface area contributed by atoms with Crippen molar-refractivity contribution in [2.24, 2.45) is 0 Å². The number of benzene rings is 2. The number of aromatic nitrogens is 1. The van der Waals surface area contributed by atoms with E-state index in [1.807, 2.05) is 4.90 Å². The SMILES string of the molecule is CCc1cc(N2C=CS(=O)(=O)C=C2)cc2[s+]c3cc(N4CCOCC4)cc(CC)c3nc12. The Balaban J connectivity index is 1.66. The summed E-state index contributed by atoms with van der Waals surface area (Å²) >= 11 is 1.75. The molecule has 0 spiro atoms. The number of fused-ring (bicyclic) bond motifs is 2. The van der Waals surface area contributed by atoms with Gasteiger partial charge in [0.1, 0.15) is 11.0 Å². The lowest BCUT2D eigenvalue weighted by molar-refractivity contribution is 0.122. The van der Waals surface area contributed by atoms with Crippen molar-refractivity contribution >= 4 is 53.0 Å². The maximum absolute atomic E-state index is 11.7. The normalized spacial score (nSPS) is 18.1. The summed E-state index contributed by atoms with van der Waals surface area (Å²) in [6.07, 6.45) is 4.97. The van der Waals surface area contributed by atoms with Crippen molar-refractivity contribution < 1.29 is 13.2 Å². The average molecular weight is 469 g/mol. The molecule has 3 aromatic rings. The van der Waals surface area contributed by atoms with Crippen molar-refractivity contribution in [3.8, 4) is 0 Å². The van der Waals surface area contributed by atoms with Gasteiger partial charge in [-0.2, -0.15) is 0 Å². The van der Waals surface area contributed by atoms with E-state index in [9.17, 15) is 8.42 Å². The highest BCUT2D eigenvalue weighted by molar-refractivity contribution is 7.97. The van der Waals surface area contributed by atoms with Gasteiger partial charge in [0.15, 0.2) is 9.84 Å². The molecule has 1 saturated heterocycles. The van der Waals surface area contributed by atoms with E-state index in [0.29, 0.717) is 0 Å². The Labute approximate surface area is 192 Å². The van der Waals surface area contributed by atoms with Crippen LogP contribution in [-0.2, 0) is 27.4 Å². The first-order valence-corrected chi connectivity index (χ1v) is 13.4. The van der Waals surface area contributed by atoms with Crippen molar-refractivity contribution in [2.75, 3.05) is 36.1 Å². The summed E-state index contributed by atoms with van der Waals surface area (Å²) in [4.78, 5) is 9.36. The minimum Gasteiger partial charge on any atom is -0.378 e. The van der Waals surface area contributed by atoms with Crippen LogP contribution in [-0.4, -0.2) is 39.7 Å². The monoisotopic (exact) mass is 468 g/mol. The number of nitrogens with zero attached hydrogens (tertiary/aromatic N) is 3. The van der Waals surface area contributed by atoms with Crippen molar-refractivity contribution in [1.29, 1.82) is 0 Å². The molecule has 1 fully saturated rings. The molecule has 3 heterocycles. The van der Waals surface area contributed by atoms with Gasteiger partial charge < -0.3 is 14.5 Å². The first kappa shape index (κ1) is 21.3. The van der Waals surface area contributed by atoms with E-state index in [0.717, 1.165) is 66.1 Å². The van der Waals surface area contributed by atoms with Gasteiger partial charge in [-0.05, 0) is 36.1 Å². The zero-order valence-electron chi connectivity index (χ0n) is 18.2. The van der Waals surface area contributed by atoms with Crippen molar-refractivity contribution in [1.82, 2.24) is 4.98 Å². The molecule has 2 aromatic carbocycles. The molecule has 0 bridgehead atoms. The second-order valence-corrected chi connectivity index (χ2v) is 10.8. The first-order chi connectivity index (χ1) is 15.5. The number of ether oxygens (including phenoxy) is 1. The number of rotatable bonds is 4. The molecule has 6 nitrogen and oxygen atoms in total. The van der Waals surface area contributed by atoms with Crippen LogP contribution in [0.2, 0.25) is 0 Å². The fourth-order valence-electron chi connectivity index (χ4n) is 4.20. The highest BCUT2D eigenvalue weighted by atomic mass is 32.2. The average Bonchev–Trinajstić information content (AvgIpc) is 2.82. The lowest BCUT2D eigenvalue weighted by Gasteiger charge is -2.29. The molecule has 0 amide bonds. The summed E-state index contributed by atoms with van der Waals surface area (Å²) in [5.74, 6) is 0. The van der Waals surface area contributed by atoms with E-state index >= 15 is 0 Å². The summed E-state index contributed by atoms with van der Waals surface area (Å²) in [5.41, 5.74) is 6.70. The van der Waals surface area contributed by atoms with Crippen LogP contribution in [0.15, 0.2) is 47.5 Å². The predicted octanol–water partition coefficient (Wildman–Crippen LogP) is 4.87. The van der Waals surface area contributed by atoms with Crippen LogP contribution < -0.4 is 9.80 Å². The second-order valence-electron chi connectivity index (χ2n) is 7.99. The number of aryl methyl sites for hydroxylation is 2. The van der Waals surface area contributed by atoms with E-state index in [4.69, 9.17) is 9.72 Å². The Morgan fingerprint density at radius 3 is 2.06 bits per heavy atom. The summed E-state index contributed by atoms with van der Waals surface area (Å²) in [7, 11) is -3.26. The molecule has 8 heteroatoms. The van der Waals surface area contributed by atoms with Crippen LogP contribution in [0.4, 0.5) is 11.4 Å². The van der Waals surface area contributed by atoms with Crippen LogP contribution >= 0.6 is 11.3 Å². The van der Waals surface area contributed by atoms with E-state index < -0.39 is 9.84 Å². The van der Waals surface area contributed by atoms with Gasteiger partial charge in [-0.1, -0.05) is 13.8 Å². The van der Waals surface area contributed by atoms with Crippen molar-refractivity contribution in [3.63, 3.8) is 0 Å². The van der Waals surface area contributed by atoms with Gasteiger partial charge in [0, 0.05) is 43.3 Å². The van der Waals surface area contributed by atoms with Gasteiger partial charge in [0.2, 0.25) is 11.3 Å². The Bertz CT molecular complexity index is 1340. The Morgan fingerprint density at radius 2 is 1.47 bits per heavy atom. The maximum atomic E-state index is 11.7. The van der Waals surface area contributed by atoms with Crippen LogP contribution in [0.1, 0.15) is 25.0 Å². The van der Waals surface area contributed by atoms with Crippen molar-refractivity contribution in [2.45, 2.75) is 26.7 Å². The van der Waals surface area contributed by atoms with Gasteiger partial charge in [0.05, 0.1) is 29.7 Å². The third-order valence-electron chi connectivity index (χ3n) is 5.98. The molecule has 2 aliphatic heterocycles. The van der Waals surface area contributed by atoms with E-state index in [1.165, 1.54) is 26.8 Å². The largest absolute Gasteiger partial charge is 0.378 e. The molecule has 0 N–H and O–H groups in total. The van der Waals surface area contributed by atoms with Gasteiger partial charge in [-0.25, -0.2) is 13.4 Å². The predicted molar refractivity (Wildman–Crippen MR) is 133 cm³/mol. The molecule has 0 aliphatic carbocycles. The number of hydrogen-bond acceptors (Lipinski definition) is 6. The molecule has 166 valence electrons. The Hall–Kier alpha value is -2.55. The molecule has 0 atom stereocenters. The lowest BCUT2D eigenvalue weighted by Crippen LogP contribution is -2.36.